The number of imidazole rings is 1. The molecule has 39 heavy (non-hydrogen) atoms. The topological polar surface area (TPSA) is 96.6 Å². The van der Waals surface area contributed by atoms with Crippen molar-refractivity contribution in [2.24, 2.45) is 11.8 Å². The van der Waals surface area contributed by atoms with Crippen LogP contribution < -0.4 is 15.5 Å². The third-order valence-electron chi connectivity index (χ3n) is 8.46. The molecule has 8 nitrogen and oxygen atoms in total. The van der Waals surface area contributed by atoms with E-state index in [0.29, 0.717) is 12.5 Å². The van der Waals surface area contributed by atoms with Crippen molar-refractivity contribution >= 4 is 47.1 Å². The number of rotatable bonds is 4. The van der Waals surface area contributed by atoms with E-state index >= 15 is 0 Å². The van der Waals surface area contributed by atoms with Crippen LogP contribution in [0.4, 0.5) is 4.79 Å². The molecule has 0 spiro atoms. The molecule has 2 aliphatic heterocycles. The predicted octanol–water partition coefficient (Wildman–Crippen LogP) is 4.11. The van der Waals surface area contributed by atoms with Crippen LogP contribution in [0.3, 0.4) is 0 Å². The summed E-state index contributed by atoms with van der Waals surface area (Å²) >= 11 is 0. The zero-order valence-electron chi connectivity index (χ0n) is 22.2. The van der Waals surface area contributed by atoms with Gasteiger partial charge in [0.05, 0.1) is 24.2 Å². The summed E-state index contributed by atoms with van der Waals surface area (Å²) < 4.78 is 10.9. The minimum atomic E-state index is -0.661. The summed E-state index contributed by atoms with van der Waals surface area (Å²) in [7, 11) is 7.30. The van der Waals surface area contributed by atoms with Gasteiger partial charge in [-0.15, -0.1) is 0 Å². The first-order valence-corrected chi connectivity index (χ1v) is 13.5. The van der Waals surface area contributed by atoms with Crippen LogP contribution >= 0.6 is 0 Å². The van der Waals surface area contributed by atoms with Crippen LogP contribution in [-0.4, -0.2) is 53.9 Å². The third kappa shape index (κ3) is 3.86. The van der Waals surface area contributed by atoms with E-state index in [4.69, 9.17) is 22.3 Å². The van der Waals surface area contributed by atoms with Crippen LogP contribution in [0.1, 0.15) is 44.1 Å². The highest BCUT2D eigenvalue weighted by molar-refractivity contribution is 6.32. The van der Waals surface area contributed by atoms with Gasteiger partial charge in [-0.3, -0.25) is 4.79 Å². The molecular weight excluding hydrogens is 491 g/mol. The smallest absolute Gasteiger partial charge is 0.407 e. The maximum Gasteiger partial charge on any atom is 0.407 e. The fourth-order valence-electron chi connectivity index (χ4n) is 6.36. The molecule has 2 unspecified atom stereocenters. The minimum Gasteiger partial charge on any atom is -0.488 e. The van der Waals surface area contributed by atoms with Crippen molar-refractivity contribution in [2.75, 3.05) is 7.11 Å². The fraction of sp³-hybridized carbons (Fsp3) is 0.367. The van der Waals surface area contributed by atoms with Gasteiger partial charge in [-0.2, -0.15) is 0 Å². The fourth-order valence-corrected chi connectivity index (χ4v) is 6.36. The van der Waals surface area contributed by atoms with Gasteiger partial charge in [-0.1, -0.05) is 43.6 Å². The van der Waals surface area contributed by atoms with Gasteiger partial charge in [0, 0.05) is 17.0 Å². The number of alkyl carbamates (subject to hydrolysis) is 1. The number of aromatic amines is 1. The molecule has 4 atom stereocenters. The number of amides is 2. The second-order valence-corrected chi connectivity index (χ2v) is 11.3. The molecule has 2 amide bonds. The van der Waals surface area contributed by atoms with Gasteiger partial charge in [0.25, 0.3) is 0 Å². The van der Waals surface area contributed by atoms with Gasteiger partial charge in [-0.25, -0.2) is 9.78 Å². The number of hydrogen-bond donors (Lipinski definition) is 2. The molecular formula is C30H29BN4O4. The molecule has 3 aromatic carbocycles. The molecule has 1 saturated carbocycles. The summed E-state index contributed by atoms with van der Waals surface area (Å²) in [5.74, 6) is 1.90. The Morgan fingerprint density at radius 2 is 2.00 bits per heavy atom. The van der Waals surface area contributed by atoms with Crippen molar-refractivity contribution in [3.05, 3.63) is 53.9 Å². The number of hydrogen-bond acceptors (Lipinski definition) is 5. The summed E-state index contributed by atoms with van der Waals surface area (Å²) in [5.41, 5.74) is 5.76. The molecule has 1 saturated heterocycles. The number of nitrogens with zero attached hydrogens (tertiary/aromatic N) is 2. The number of aromatic nitrogens is 2. The zero-order chi connectivity index (χ0) is 27.0. The first-order chi connectivity index (χ1) is 18.8. The number of H-pyrrole nitrogens is 1. The maximum absolute atomic E-state index is 13.8. The second-order valence-electron chi connectivity index (χ2n) is 11.3. The summed E-state index contributed by atoms with van der Waals surface area (Å²) in [4.78, 5) is 36.2. The minimum absolute atomic E-state index is 0.0811. The van der Waals surface area contributed by atoms with Crippen molar-refractivity contribution in [1.82, 2.24) is 20.2 Å². The number of carbonyl (C=O) groups excluding carboxylic acids is 2. The quantitative estimate of drug-likeness (QED) is 0.395. The third-order valence-corrected chi connectivity index (χ3v) is 8.46. The molecule has 1 aliphatic carbocycles. The number of piperidine rings is 1. The average molecular weight is 520 g/mol. The van der Waals surface area contributed by atoms with Gasteiger partial charge in [0.1, 0.15) is 32.1 Å². The monoisotopic (exact) mass is 520 g/mol. The van der Waals surface area contributed by atoms with Crippen LogP contribution in [-0.2, 0) is 16.1 Å². The Morgan fingerprint density at radius 3 is 2.79 bits per heavy atom. The van der Waals surface area contributed by atoms with E-state index in [1.165, 1.54) is 7.11 Å². The number of likely N-dealkylation sites (tertiary alicyclic amines) is 1. The van der Waals surface area contributed by atoms with Crippen molar-refractivity contribution in [3.8, 4) is 16.9 Å². The van der Waals surface area contributed by atoms with E-state index in [1.807, 2.05) is 36.9 Å². The molecule has 3 heterocycles. The lowest BCUT2D eigenvalue weighted by molar-refractivity contribution is -0.136. The van der Waals surface area contributed by atoms with Crippen molar-refractivity contribution < 1.29 is 19.1 Å². The standard InChI is InChI=1S/C30H29BN4O4/c1-14(2)26(34-30(37)38-3)29(36)35-23-10-16(23)11-24(35)28-32-22-7-4-15-9-21-19-6-5-18(31)8-17(19)13-39-25(21)12-20(15)27(22)33-28/h4-9,12,14,16,23-24,26H,10-11,13H2,1-3H3,(H,32,33)(H,34,37)/t16?,23-,24?,26+/m1/s1. The van der Waals surface area contributed by atoms with Crippen LogP contribution in [0.5, 0.6) is 5.75 Å². The number of ether oxygens (including phenoxy) is 2. The Balaban J connectivity index is 1.26. The number of benzene rings is 3. The van der Waals surface area contributed by atoms with E-state index in [-0.39, 0.29) is 23.9 Å². The maximum atomic E-state index is 13.8. The first kappa shape index (κ1) is 24.1. The Bertz CT molecular complexity index is 1660. The second kappa shape index (κ2) is 8.76. The van der Waals surface area contributed by atoms with Gasteiger partial charge in [0.15, 0.2) is 0 Å². The number of fused-ring (bicyclic) bond motifs is 7. The largest absolute Gasteiger partial charge is 0.488 e. The van der Waals surface area contributed by atoms with Crippen LogP contribution in [0, 0.1) is 11.8 Å². The molecule has 2 fully saturated rings. The Morgan fingerprint density at radius 1 is 1.15 bits per heavy atom. The molecule has 1 aromatic heterocycles. The lowest BCUT2D eigenvalue weighted by Crippen LogP contribution is -2.52. The summed E-state index contributed by atoms with van der Waals surface area (Å²) in [6.45, 7) is 4.33. The Kier molecular flexibility index (Phi) is 5.41. The molecule has 3 aliphatic rings. The highest BCUT2D eigenvalue weighted by atomic mass is 16.5. The van der Waals surface area contributed by atoms with E-state index in [2.05, 4.69) is 34.6 Å². The molecule has 2 N–H and O–H groups in total. The lowest BCUT2D eigenvalue weighted by Gasteiger charge is -2.31. The summed E-state index contributed by atoms with van der Waals surface area (Å²) in [6.07, 6.45) is 1.25. The van der Waals surface area contributed by atoms with E-state index in [9.17, 15) is 9.59 Å². The lowest BCUT2D eigenvalue weighted by atomic mass is 9.88. The molecule has 0 bridgehead atoms. The summed E-state index contributed by atoms with van der Waals surface area (Å²) in [5, 5.41) is 4.81. The highest BCUT2D eigenvalue weighted by Gasteiger charge is 2.56. The number of methoxy groups -OCH3 is 1. The molecule has 9 heteroatoms. The van der Waals surface area contributed by atoms with E-state index in [0.717, 1.165) is 68.4 Å². The van der Waals surface area contributed by atoms with Gasteiger partial charge < -0.3 is 24.7 Å². The molecule has 7 rings (SSSR count). The van der Waals surface area contributed by atoms with Crippen LogP contribution in [0.2, 0.25) is 0 Å². The van der Waals surface area contributed by atoms with Gasteiger partial charge in [0.2, 0.25) is 5.91 Å². The van der Waals surface area contributed by atoms with Crippen molar-refractivity contribution in [1.29, 1.82) is 0 Å². The van der Waals surface area contributed by atoms with Gasteiger partial charge >= 0.3 is 6.09 Å². The molecule has 2 radical (unpaired) electrons. The average Bonchev–Trinajstić information content (AvgIpc) is 3.37. The summed E-state index contributed by atoms with van der Waals surface area (Å²) in [6, 6.07) is 13.7. The SMILES string of the molecule is [B]c1ccc2c(c1)COc1cc3c(ccc4[nH]c(C5CC6C[C@H]6N5C(=O)[C@@H](NC(=O)OC)C(C)C)nc43)cc1-2. The van der Waals surface area contributed by atoms with Gasteiger partial charge in [-0.05, 0) is 59.4 Å². The highest BCUT2D eigenvalue weighted by Crippen LogP contribution is 2.53. The van der Waals surface area contributed by atoms with E-state index < -0.39 is 12.1 Å². The molecule has 196 valence electrons. The number of nitrogens with one attached hydrogen (secondary N) is 2. The first-order valence-electron chi connectivity index (χ1n) is 13.5. The van der Waals surface area contributed by atoms with Crippen LogP contribution in [0.15, 0.2) is 42.5 Å². The molecule has 4 aromatic rings. The number of carbonyl (C=O) groups is 2. The predicted molar refractivity (Wildman–Crippen MR) is 149 cm³/mol. The Labute approximate surface area is 227 Å². The van der Waals surface area contributed by atoms with Crippen molar-refractivity contribution in [2.45, 2.75) is 51.4 Å². The van der Waals surface area contributed by atoms with Crippen molar-refractivity contribution in [3.63, 3.8) is 0 Å². The zero-order valence-corrected chi connectivity index (χ0v) is 22.2. The van der Waals surface area contributed by atoms with Crippen LogP contribution in [0.25, 0.3) is 32.9 Å². The normalized spacial score (nSPS) is 21.7. The Hall–Kier alpha value is -4.01. The van der Waals surface area contributed by atoms with E-state index in [1.54, 1.807) is 0 Å².